The van der Waals surface area contributed by atoms with Gasteiger partial charge in [0.25, 0.3) is 0 Å². The average Bonchev–Trinajstić information content (AvgIpc) is 3.66. The number of rotatable bonds is 8. The molecular weight excluding hydrogens is 440 g/mol. The van der Waals surface area contributed by atoms with Crippen molar-refractivity contribution in [2.75, 3.05) is 25.1 Å². The third-order valence-corrected chi connectivity index (χ3v) is 6.85. The van der Waals surface area contributed by atoms with Crippen molar-refractivity contribution in [2.24, 2.45) is 11.8 Å². The summed E-state index contributed by atoms with van der Waals surface area (Å²) in [4.78, 5) is 12.5. The molecule has 5 rings (SSSR count). The van der Waals surface area contributed by atoms with Gasteiger partial charge in [0.2, 0.25) is 0 Å². The SMILES string of the molecule is CCc1nc2c(-c3c(Br)cc(C)cc3OC)nccn2c1N(CC1CC1)CC1CC1. The van der Waals surface area contributed by atoms with E-state index < -0.39 is 0 Å². The Bertz CT molecular complexity index is 1070. The summed E-state index contributed by atoms with van der Waals surface area (Å²) in [6, 6.07) is 4.17. The lowest BCUT2D eigenvalue weighted by Gasteiger charge is -2.25. The van der Waals surface area contributed by atoms with Gasteiger partial charge in [-0.3, -0.25) is 9.38 Å². The van der Waals surface area contributed by atoms with Crippen molar-refractivity contribution in [1.29, 1.82) is 0 Å². The zero-order valence-electron chi connectivity index (χ0n) is 18.0. The number of halogens is 1. The largest absolute Gasteiger partial charge is 0.496 e. The van der Waals surface area contributed by atoms with E-state index in [0.717, 1.165) is 69.7 Å². The Morgan fingerprint density at radius 3 is 2.47 bits per heavy atom. The minimum Gasteiger partial charge on any atom is -0.496 e. The number of hydrogen-bond acceptors (Lipinski definition) is 4. The van der Waals surface area contributed by atoms with Crippen LogP contribution in [0.5, 0.6) is 5.75 Å². The van der Waals surface area contributed by atoms with Gasteiger partial charge in [-0.05, 0) is 84.5 Å². The number of imidazole rings is 1. The van der Waals surface area contributed by atoms with E-state index in [0.29, 0.717) is 0 Å². The van der Waals surface area contributed by atoms with Crippen molar-refractivity contribution in [1.82, 2.24) is 14.4 Å². The molecule has 0 spiro atoms. The minimum absolute atomic E-state index is 0.817. The molecule has 2 aliphatic carbocycles. The van der Waals surface area contributed by atoms with Gasteiger partial charge < -0.3 is 9.64 Å². The van der Waals surface area contributed by atoms with Gasteiger partial charge in [-0.15, -0.1) is 0 Å². The van der Waals surface area contributed by atoms with E-state index in [4.69, 9.17) is 14.7 Å². The van der Waals surface area contributed by atoms with E-state index in [1.54, 1.807) is 7.11 Å². The molecule has 0 radical (unpaired) electrons. The van der Waals surface area contributed by atoms with Crippen LogP contribution in [0.4, 0.5) is 5.82 Å². The lowest BCUT2D eigenvalue weighted by Crippen LogP contribution is -2.30. The molecule has 3 aromatic rings. The van der Waals surface area contributed by atoms with E-state index in [9.17, 15) is 0 Å². The van der Waals surface area contributed by atoms with E-state index >= 15 is 0 Å². The molecule has 2 fully saturated rings. The zero-order valence-corrected chi connectivity index (χ0v) is 19.6. The Labute approximate surface area is 186 Å². The Morgan fingerprint density at radius 2 is 1.87 bits per heavy atom. The van der Waals surface area contributed by atoms with Gasteiger partial charge >= 0.3 is 0 Å². The fourth-order valence-corrected chi connectivity index (χ4v) is 5.08. The standard InChI is InChI=1S/C24H29BrN4O/c1-4-19-24(28(13-16-5-6-16)14-17-7-8-17)29-10-9-26-22(23(29)27-19)21-18(25)11-15(2)12-20(21)30-3/h9-12,16-17H,4-8,13-14H2,1-3H3. The normalized spacial score (nSPS) is 16.3. The monoisotopic (exact) mass is 468 g/mol. The van der Waals surface area contributed by atoms with E-state index in [2.05, 4.69) is 57.4 Å². The second-order valence-electron chi connectivity index (χ2n) is 8.82. The van der Waals surface area contributed by atoms with Crippen molar-refractivity contribution < 1.29 is 4.74 Å². The maximum atomic E-state index is 5.73. The lowest BCUT2D eigenvalue weighted by atomic mass is 10.1. The summed E-state index contributed by atoms with van der Waals surface area (Å²) in [6.07, 6.45) is 10.3. The van der Waals surface area contributed by atoms with Gasteiger partial charge in [0.05, 0.1) is 18.4 Å². The highest BCUT2D eigenvalue weighted by Crippen LogP contribution is 2.41. The smallest absolute Gasteiger partial charge is 0.165 e. The van der Waals surface area contributed by atoms with Gasteiger partial charge in [-0.1, -0.05) is 6.92 Å². The molecule has 5 nitrogen and oxygen atoms in total. The average molecular weight is 469 g/mol. The molecule has 2 aliphatic rings. The topological polar surface area (TPSA) is 42.7 Å². The summed E-state index contributed by atoms with van der Waals surface area (Å²) in [7, 11) is 1.71. The van der Waals surface area contributed by atoms with Crippen LogP contribution in [0.25, 0.3) is 16.9 Å². The number of ether oxygens (including phenoxy) is 1. The van der Waals surface area contributed by atoms with E-state index in [1.165, 1.54) is 31.5 Å². The molecule has 0 aliphatic heterocycles. The number of benzene rings is 1. The van der Waals surface area contributed by atoms with Gasteiger partial charge in [0, 0.05) is 30.0 Å². The summed E-state index contributed by atoms with van der Waals surface area (Å²) in [5.41, 5.74) is 5.04. The number of aromatic nitrogens is 3. The first-order valence-electron chi connectivity index (χ1n) is 11.0. The molecule has 0 saturated heterocycles. The Morgan fingerprint density at radius 1 is 1.17 bits per heavy atom. The van der Waals surface area contributed by atoms with Crippen LogP contribution in [0.2, 0.25) is 0 Å². The Kier molecular flexibility index (Phi) is 5.21. The van der Waals surface area contributed by atoms with Gasteiger partial charge in [-0.2, -0.15) is 0 Å². The summed E-state index contributed by atoms with van der Waals surface area (Å²) in [6.45, 7) is 6.56. The summed E-state index contributed by atoms with van der Waals surface area (Å²) < 4.78 is 8.97. The van der Waals surface area contributed by atoms with Crippen LogP contribution in [-0.4, -0.2) is 34.6 Å². The second-order valence-corrected chi connectivity index (χ2v) is 9.68. The van der Waals surface area contributed by atoms with Crippen LogP contribution >= 0.6 is 15.9 Å². The predicted molar refractivity (Wildman–Crippen MR) is 124 cm³/mol. The molecule has 2 aromatic heterocycles. The van der Waals surface area contributed by atoms with Crippen LogP contribution in [0.15, 0.2) is 29.0 Å². The van der Waals surface area contributed by atoms with Gasteiger partial charge in [0.1, 0.15) is 17.3 Å². The summed E-state index contributed by atoms with van der Waals surface area (Å²) >= 11 is 3.75. The van der Waals surface area contributed by atoms with Crippen LogP contribution in [-0.2, 0) is 6.42 Å². The van der Waals surface area contributed by atoms with E-state index in [-0.39, 0.29) is 0 Å². The zero-order chi connectivity index (χ0) is 20.8. The molecule has 0 N–H and O–H groups in total. The molecule has 2 saturated carbocycles. The number of hydrogen-bond donors (Lipinski definition) is 0. The highest BCUT2D eigenvalue weighted by Gasteiger charge is 2.32. The van der Waals surface area contributed by atoms with E-state index in [1.807, 2.05) is 6.20 Å². The molecule has 1 aromatic carbocycles. The quantitative estimate of drug-likeness (QED) is 0.427. The molecule has 0 bridgehead atoms. The van der Waals surface area contributed by atoms with Crippen LogP contribution in [0.3, 0.4) is 0 Å². The Balaban J connectivity index is 1.68. The second kappa shape index (κ2) is 7.88. The molecule has 0 amide bonds. The number of nitrogens with zero attached hydrogens (tertiary/aromatic N) is 4. The minimum atomic E-state index is 0.817. The van der Waals surface area contributed by atoms with Crippen molar-refractivity contribution in [2.45, 2.75) is 46.0 Å². The molecule has 30 heavy (non-hydrogen) atoms. The Hall–Kier alpha value is -2.08. The third-order valence-electron chi connectivity index (χ3n) is 6.23. The first kappa shape index (κ1) is 19.9. The molecule has 6 heteroatoms. The molecular formula is C24H29BrN4O. The van der Waals surface area contributed by atoms with Crippen molar-refractivity contribution in [3.63, 3.8) is 0 Å². The number of fused-ring (bicyclic) bond motifs is 1. The van der Waals surface area contributed by atoms with Crippen LogP contribution in [0, 0.1) is 18.8 Å². The summed E-state index contributed by atoms with van der Waals surface area (Å²) in [5, 5.41) is 0. The highest BCUT2D eigenvalue weighted by molar-refractivity contribution is 9.10. The van der Waals surface area contributed by atoms with Crippen molar-refractivity contribution >= 4 is 27.4 Å². The molecule has 2 heterocycles. The fraction of sp³-hybridized carbons (Fsp3) is 0.500. The molecule has 0 atom stereocenters. The highest BCUT2D eigenvalue weighted by atomic mass is 79.9. The van der Waals surface area contributed by atoms with Crippen molar-refractivity contribution in [3.05, 3.63) is 40.3 Å². The van der Waals surface area contributed by atoms with Gasteiger partial charge in [0.15, 0.2) is 5.65 Å². The number of anilines is 1. The fourth-order valence-electron chi connectivity index (χ4n) is 4.33. The van der Waals surface area contributed by atoms with Crippen LogP contribution < -0.4 is 9.64 Å². The molecule has 158 valence electrons. The van der Waals surface area contributed by atoms with Crippen molar-refractivity contribution in [3.8, 4) is 17.0 Å². The van der Waals surface area contributed by atoms with Gasteiger partial charge in [-0.25, -0.2) is 4.98 Å². The molecule has 0 unspecified atom stereocenters. The first-order chi connectivity index (χ1) is 14.6. The van der Waals surface area contributed by atoms with Crippen LogP contribution in [0.1, 0.15) is 43.9 Å². The predicted octanol–water partition coefficient (Wildman–Crippen LogP) is 5.66. The maximum absolute atomic E-state index is 5.73. The number of methoxy groups -OCH3 is 1. The summed E-state index contributed by atoms with van der Waals surface area (Å²) in [5.74, 6) is 3.76. The lowest BCUT2D eigenvalue weighted by molar-refractivity contribution is 0.415. The number of aryl methyl sites for hydroxylation is 2. The first-order valence-corrected chi connectivity index (χ1v) is 11.8. The third kappa shape index (κ3) is 3.70. The maximum Gasteiger partial charge on any atom is 0.165 e.